The molecule has 0 atom stereocenters. The van der Waals surface area contributed by atoms with Crippen LogP contribution in [0, 0.1) is 11.3 Å². The highest BCUT2D eigenvalue weighted by atomic mass is 35.5. The monoisotopic (exact) mass is 320 g/mol. The molecule has 1 aromatic carbocycles. The fraction of sp³-hybridized carbons (Fsp3) is 0.267. The number of aromatic nitrogens is 2. The number of hydrogen-bond donors (Lipinski definition) is 1. The van der Waals surface area contributed by atoms with E-state index in [2.05, 4.69) is 21.4 Å². The molecular weight excluding hydrogens is 307 g/mol. The van der Waals surface area contributed by atoms with Crippen LogP contribution < -0.4 is 5.32 Å². The lowest BCUT2D eigenvalue weighted by Crippen LogP contribution is -2.16. The van der Waals surface area contributed by atoms with Crippen LogP contribution in [0.4, 0.5) is 11.5 Å². The quantitative estimate of drug-likeness (QED) is 0.815. The average molecular weight is 321 g/mol. The van der Waals surface area contributed by atoms with Crippen molar-refractivity contribution in [2.45, 2.75) is 26.2 Å². The molecule has 0 unspecified atom stereocenters. The van der Waals surface area contributed by atoms with Gasteiger partial charge in [-0.25, -0.2) is 9.97 Å². The van der Waals surface area contributed by atoms with Crippen molar-refractivity contribution in [3.8, 4) is 6.07 Å². The highest BCUT2D eigenvalue weighted by Crippen LogP contribution is 2.27. The Morgan fingerprint density at radius 2 is 1.86 bits per heavy atom. The van der Waals surface area contributed by atoms with E-state index in [4.69, 9.17) is 28.5 Å². The summed E-state index contributed by atoms with van der Waals surface area (Å²) in [5.41, 5.74) is 0.833. The molecule has 0 bridgehead atoms. The van der Waals surface area contributed by atoms with E-state index in [1.807, 2.05) is 20.8 Å². The third-order valence-corrected chi connectivity index (χ3v) is 3.16. The van der Waals surface area contributed by atoms with Crippen LogP contribution in [0.1, 0.15) is 32.2 Å². The van der Waals surface area contributed by atoms with Crippen molar-refractivity contribution in [1.82, 2.24) is 9.97 Å². The maximum Gasteiger partial charge on any atom is 0.137 e. The highest BCUT2D eigenvalue weighted by molar-refractivity contribution is 6.31. The lowest BCUT2D eigenvalue weighted by molar-refractivity contribution is 0.546. The molecule has 6 heteroatoms. The second kappa shape index (κ2) is 5.88. The molecule has 2 rings (SSSR count). The molecule has 0 aliphatic carbocycles. The molecule has 108 valence electrons. The first-order valence-corrected chi connectivity index (χ1v) is 7.07. The zero-order valence-electron chi connectivity index (χ0n) is 11.9. The fourth-order valence-corrected chi connectivity index (χ4v) is 2.03. The van der Waals surface area contributed by atoms with Crippen molar-refractivity contribution >= 4 is 34.7 Å². The van der Waals surface area contributed by atoms with E-state index in [-0.39, 0.29) is 5.41 Å². The van der Waals surface area contributed by atoms with Gasteiger partial charge in [0.05, 0.1) is 11.3 Å². The van der Waals surface area contributed by atoms with Crippen LogP contribution in [-0.2, 0) is 5.41 Å². The van der Waals surface area contributed by atoms with Gasteiger partial charge in [0.1, 0.15) is 22.9 Å². The van der Waals surface area contributed by atoms with Gasteiger partial charge < -0.3 is 5.32 Å². The molecule has 0 spiro atoms. The number of benzene rings is 1. The largest absolute Gasteiger partial charge is 0.339 e. The maximum atomic E-state index is 9.13. The normalized spacial score (nSPS) is 11.0. The number of rotatable bonds is 2. The molecule has 0 saturated heterocycles. The van der Waals surface area contributed by atoms with Crippen molar-refractivity contribution in [2.75, 3.05) is 5.32 Å². The van der Waals surface area contributed by atoms with E-state index >= 15 is 0 Å². The van der Waals surface area contributed by atoms with Crippen molar-refractivity contribution in [2.24, 2.45) is 0 Å². The Labute approximate surface area is 133 Å². The Morgan fingerprint density at radius 3 is 2.48 bits per heavy atom. The molecule has 0 aliphatic rings. The molecule has 0 fully saturated rings. The summed E-state index contributed by atoms with van der Waals surface area (Å²) in [6, 6.07) is 8.70. The molecule has 4 nitrogen and oxygen atoms in total. The first-order chi connectivity index (χ1) is 9.79. The summed E-state index contributed by atoms with van der Waals surface area (Å²) >= 11 is 12.0. The molecule has 1 N–H and O–H groups in total. The number of nitriles is 1. The molecule has 1 aromatic heterocycles. The van der Waals surface area contributed by atoms with Crippen molar-refractivity contribution < 1.29 is 0 Å². The Balaban J connectivity index is 2.43. The number of nitrogens with one attached hydrogen (secondary N) is 1. The second-order valence-electron chi connectivity index (χ2n) is 5.58. The van der Waals surface area contributed by atoms with Crippen LogP contribution >= 0.6 is 23.2 Å². The van der Waals surface area contributed by atoms with Crippen LogP contribution in [0.5, 0.6) is 0 Å². The summed E-state index contributed by atoms with van der Waals surface area (Å²) in [5.74, 6) is 1.15. The highest BCUT2D eigenvalue weighted by Gasteiger charge is 2.19. The Hall–Kier alpha value is -1.83. The minimum Gasteiger partial charge on any atom is -0.339 e. The van der Waals surface area contributed by atoms with Crippen LogP contribution in [0.3, 0.4) is 0 Å². The SMILES string of the molecule is CC(C)(C)c1nc(Cl)cc(Nc2cc(Cl)ccc2C#N)n1. The molecule has 21 heavy (non-hydrogen) atoms. The molecule has 2 aromatic rings. The van der Waals surface area contributed by atoms with E-state index in [9.17, 15) is 0 Å². The molecule has 0 amide bonds. The number of nitrogens with zero attached hydrogens (tertiary/aromatic N) is 3. The summed E-state index contributed by atoms with van der Waals surface area (Å²) < 4.78 is 0. The van der Waals surface area contributed by atoms with Crippen LogP contribution in [-0.4, -0.2) is 9.97 Å². The van der Waals surface area contributed by atoms with Gasteiger partial charge in [0, 0.05) is 16.5 Å². The van der Waals surface area contributed by atoms with Gasteiger partial charge in [-0.2, -0.15) is 5.26 Å². The summed E-state index contributed by atoms with van der Waals surface area (Å²) in [7, 11) is 0. The number of halogens is 2. The standard InChI is InChI=1S/C15H14Cl2N4/c1-15(2,3)14-20-12(17)7-13(21-14)19-11-6-10(16)5-4-9(11)8-18/h4-7H,1-3H3,(H,19,20,21). The molecule has 0 aliphatic heterocycles. The summed E-state index contributed by atoms with van der Waals surface area (Å²) in [6.45, 7) is 6.01. The van der Waals surface area contributed by atoms with Gasteiger partial charge in [-0.1, -0.05) is 44.0 Å². The van der Waals surface area contributed by atoms with Gasteiger partial charge in [0.2, 0.25) is 0 Å². The van der Waals surface area contributed by atoms with Gasteiger partial charge in [-0.3, -0.25) is 0 Å². The zero-order valence-corrected chi connectivity index (χ0v) is 13.4. The van der Waals surface area contributed by atoms with Gasteiger partial charge in [0.15, 0.2) is 0 Å². The van der Waals surface area contributed by atoms with Crippen LogP contribution in [0.2, 0.25) is 10.2 Å². The van der Waals surface area contributed by atoms with Crippen molar-refractivity contribution in [1.29, 1.82) is 5.26 Å². The summed E-state index contributed by atoms with van der Waals surface area (Å²) in [4.78, 5) is 8.68. The Bertz CT molecular complexity index is 715. The topological polar surface area (TPSA) is 61.6 Å². The van der Waals surface area contributed by atoms with Crippen LogP contribution in [0.15, 0.2) is 24.3 Å². The van der Waals surface area contributed by atoms with E-state index < -0.39 is 0 Å². The molecule has 0 radical (unpaired) electrons. The van der Waals surface area contributed by atoms with Crippen molar-refractivity contribution in [3.05, 3.63) is 45.8 Å². The predicted molar refractivity (Wildman–Crippen MR) is 85.2 cm³/mol. The van der Waals surface area contributed by atoms with Crippen molar-refractivity contribution in [3.63, 3.8) is 0 Å². The lowest BCUT2D eigenvalue weighted by atomic mass is 9.96. The van der Waals surface area contributed by atoms with Gasteiger partial charge in [0.25, 0.3) is 0 Å². The Morgan fingerprint density at radius 1 is 1.14 bits per heavy atom. The molecule has 0 saturated carbocycles. The van der Waals surface area contributed by atoms with E-state index in [0.717, 1.165) is 0 Å². The lowest BCUT2D eigenvalue weighted by Gasteiger charge is -2.18. The summed E-state index contributed by atoms with van der Waals surface area (Å²) in [5, 5.41) is 13.1. The number of hydrogen-bond acceptors (Lipinski definition) is 4. The first-order valence-electron chi connectivity index (χ1n) is 6.31. The van der Waals surface area contributed by atoms with Gasteiger partial charge in [-0.15, -0.1) is 0 Å². The minimum absolute atomic E-state index is 0.228. The minimum atomic E-state index is -0.228. The third-order valence-electron chi connectivity index (χ3n) is 2.73. The third kappa shape index (κ3) is 3.84. The molecule has 1 heterocycles. The summed E-state index contributed by atoms with van der Waals surface area (Å²) in [6.07, 6.45) is 0. The van der Waals surface area contributed by atoms with Gasteiger partial charge in [-0.05, 0) is 18.2 Å². The average Bonchev–Trinajstić information content (AvgIpc) is 2.37. The van der Waals surface area contributed by atoms with E-state index in [1.165, 1.54) is 0 Å². The second-order valence-corrected chi connectivity index (χ2v) is 6.40. The number of anilines is 2. The molecular formula is C15H14Cl2N4. The van der Waals surface area contributed by atoms with Crippen LogP contribution in [0.25, 0.3) is 0 Å². The van der Waals surface area contributed by atoms with Gasteiger partial charge >= 0.3 is 0 Å². The van der Waals surface area contributed by atoms with E-state index in [0.29, 0.717) is 33.1 Å². The van der Waals surface area contributed by atoms with E-state index in [1.54, 1.807) is 24.3 Å². The zero-order chi connectivity index (χ0) is 15.6. The maximum absolute atomic E-state index is 9.13. The smallest absolute Gasteiger partial charge is 0.137 e. The first kappa shape index (κ1) is 15.6. The Kier molecular flexibility index (Phi) is 4.36. The predicted octanol–water partition coefficient (Wildman–Crippen LogP) is 4.70. The fourth-order valence-electron chi connectivity index (χ4n) is 1.67.